The fourth-order valence-electron chi connectivity index (χ4n) is 2.71. The number of rotatable bonds is 5. The van der Waals surface area contributed by atoms with Gasteiger partial charge in [0.2, 0.25) is 0 Å². The fourth-order valence-corrected chi connectivity index (χ4v) is 2.71. The van der Waals surface area contributed by atoms with Crippen molar-refractivity contribution in [3.8, 4) is 5.75 Å². The van der Waals surface area contributed by atoms with Gasteiger partial charge in [0.1, 0.15) is 11.6 Å². The summed E-state index contributed by atoms with van der Waals surface area (Å²) in [6.45, 7) is 3.56. The number of nitrogens with two attached hydrogens (primary N) is 1. The summed E-state index contributed by atoms with van der Waals surface area (Å²) in [5.74, 6) is 2.00. The van der Waals surface area contributed by atoms with Gasteiger partial charge in [-0.2, -0.15) is 0 Å². The number of morpholine rings is 1. The highest BCUT2D eigenvalue weighted by Crippen LogP contribution is 2.23. The van der Waals surface area contributed by atoms with Crippen molar-refractivity contribution in [3.63, 3.8) is 0 Å². The number of nitrogens with zero attached hydrogens (tertiary/aromatic N) is 3. The number of pyridine rings is 1. The molecule has 25 heavy (non-hydrogen) atoms. The summed E-state index contributed by atoms with van der Waals surface area (Å²) >= 11 is 0. The predicted molar refractivity (Wildman–Crippen MR) is 99.2 cm³/mol. The Kier molecular flexibility index (Phi) is 5.69. The van der Waals surface area contributed by atoms with Gasteiger partial charge in [-0.1, -0.05) is 18.2 Å². The van der Waals surface area contributed by atoms with Crippen molar-refractivity contribution in [1.29, 1.82) is 0 Å². The highest BCUT2D eigenvalue weighted by Gasteiger charge is 2.15. The largest absolute Gasteiger partial charge is 0.495 e. The second kappa shape index (κ2) is 8.34. The Hall–Kier alpha value is -2.80. The molecule has 1 aliphatic heterocycles. The lowest BCUT2D eigenvalue weighted by Gasteiger charge is -2.29. The van der Waals surface area contributed by atoms with E-state index in [1.807, 2.05) is 36.4 Å². The third-order valence-electron chi connectivity index (χ3n) is 3.97. The Labute approximate surface area is 147 Å². The average Bonchev–Trinajstić information content (AvgIpc) is 2.68. The molecule has 1 saturated heterocycles. The van der Waals surface area contributed by atoms with Gasteiger partial charge in [0.05, 0.1) is 32.6 Å². The first-order valence-corrected chi connectivity index (χ1v) is 8.24. The van der Waals surface area contributed by atoms with E-state index >= 15 is 0 Å². The zero-order valence-electron chi connectivity index (χ0n) is 14.3. The molecule has 0 amide bonds. The highest BCUT2D eigenvalue weighted by molar-refractivity contribution is 5.93. The molecule has 0 bridgehead atoms. The molecule has 0 atom stereocenters. The molecule has 2 heterocycles. The van der Waals surface area contributed by atoms with Gasteiger partial charge in [0.25, 0.3) is 0 Å². The predicted octanol–water partition coefficient (Wildman–Crippen LogP) is 1.85. The molecule has 0 aliphatic carbocycles. The summed E-state index contributed by atoms with van der Waals surface area (Å²) in [5.41, 5.74) is 7.85. The van der Waals surface area contributed by atoms with Gasteiger partial charge in [-0.3, -0.25) is 0 Å². The maximum Gasteiger partial charge on any atom is 0.193 e. The maximum absolute atomic E-state index is 6.04. The molecule has 1 aromatic heterocycles. The number of aromatic nitrogens is 1. The minimum absolute atomic E-state index is 0.335. The first-order valence-electron chi connectivity index (χ1n) is 8.24. The van der Waals surface area contributed by atoms with Gasteiger partial charge >= 0.3 is 0 Å². The lowest BCUT2D eigenvalue weighted by Crippen LogP contribution is -2.37. The molecule has 1 aliphatic rings. The van der Waals surface area contributed by atoms with Crippen LogP contribution in [0.1, 0.15) is 5.56 Å². The van der Waals surface area contributed by atoms with Crippen LogP contribution in [0.25, 0.3) is 0 Å². The van der Waals surface area contributed by atoms with Crippen LogP contribution in [-0.4, -0.2) is 44.4 Å². The minimum atomic E-state index is 0.335. The smallest absolute Gasteiger partial charge is 0.193 e. The van der Waals surface area contributed by atoms with E-state index in [9.17, 15) is 0 Å². The van der Waals surface area contributed by atoms with E-state index in [0.29, 0.717) is 12.5 Å². The Balaban J connectivity index is 1.71. The van der Waals surface area contributed by atoms with Crippen LogP contribution < -0.4 is 20.7 Å². The number of hydrogen-bond donors (Lipinski definition) is 2. The monoisotopic (exact) mass is 341 g/mol. The molecule has 0 saturated carbocycles. The third-order valence-corrected chi connectivity index (χ3v) is 3.97. The van der Waals surface area contributed by atoms with Crippen LogP contribution in [0, 0.1) is 0 Å². The van der Waals surface area contributed by atoms with Crippen LogP contribution in [0.4, 0.5) is 11.5 Å². The van der Waals surface area contributed by atoms with Crippen LogP contribution in [0.15, 0.2) is 47.6 Å². The summed E-state index contributed by atoms with van der Waals surface area (Å²) < 4.78 is 10.7. The lowest BCUT2D eigenvalue weighted by molar-refractivity contribution is 0.122. The maximum atomic E-state index is 6.04. The molecule has 2 aromatic rings. The van der Waals surface area contributed by atoms with Crippen molar-refractivity contribution >= 4 is 17.5 Å². The third kappa shape index (κ3) is 4.39. The number of guanidine groups is 1. The van der Waals surface area contributed by atoms with E-state index in [1.54, 1.807) is 13.3 Å². The summed E-state index contributed by atoms with van der Waals surface area (Å²) in [5, 5.41) is 3.08. The van der Waals surface area contributed by atoms with Crippen LogP contribution in [-0.2, 0) is 11.3 Å². The minimum Gasteiger partial charge on any atom is -0.495 e. The molecule has 0 unspecified atom stereocenters. The normalized spacial score (nSPS) is 15.1. The number of benzene rings is 1. The van der Waals surface area contributed by atoms with Crippen LogP contribution in [0.3, 0.4) is 0 Å². The molecule has 1 fully saturated rings. The molecule has 0 radical (unpaired) electrons. The fraction of sp³-hybridized carbons (Fsp3) is 0.333. The molecule has 3 N–H and O–H groups in total. The van der Waals surface area contributed by atoms with Crippen molar-refractivity contribution in [1.82, 2.24) is 4.98 Å². The highest BCUT2D eigenvalue weighted by atomic mass is 16.5. The number of methoxy groups -OCH3 is 1. The van der Waals surface area contributed by atoms with E-state index in [0.717, 1.165) is 49.1 Å². The van der Waals surface area contributed by atoms with Gasteiger partial charge in [0, 0.05) is 24.8 Å². The van der Waals surface area contributed by atoms with E-state index in [2.05, 4.69) is 20.2 Å². The summed E-state index contributed by atoms with van der Waals surface area (Å²) in [6, 6.07) is 11.5. The number of para-hydroxylation sites is 2. The second-order valence-corrected chi connectivity index (χ2v) is 5.61. The number of ether oxygens (including phenoxy) is 2. The first-order chi connectivity index (χ1) is 12.3. The molecule has 0 spiro atoms. The first kappa shape index (κ1) is 17.0. The summed E-state index contributed by atoms with van der Waals surface area (Å²) in [7, 11) is 1.62. The zero-order valence-corrected chi connectivity index (χ0v) is 14.3. The molecule has 3 rings (SSSR count). The van der Waals surface area contributed by atoms with E-state index in [-0.39, 0.29) is 0 Å². The van der Waals surface area contributed by atoms with Gasteiger partial charge in [0.15, 0.2) is 5.96 Å². The van der Waals surface area contributed by atoms with Gasteiger partial charge in [-0.15, -0.1) is 0 Å². The molecule has 7 heteroatoms. The Morgan fingerprint density at radius 2 is 2.08 bits per heavy atom. The SMILES string of the molecule is COc1ccccc1NC(N)=NCc1cccnc1N1CCOCC1. The summed E-state index contributed by atoms with van der Waals surface area (Å²) in [6.07, 6.45) is 1.80. The van der Waals surface area contributed by atoms with Crippen molar-refractivity contribution < 1.29 is 9.47 Å². The number of aliphatic imine (C=N–C) groups is 1. The number of anilines is 2. The molecular formula is C18H23N5O2. The second-order valence-electron chi connectivity index (χ2n) is 5.61. The average molecular weight is 341 g/mol. The Morgan fingerprint density at radius 1 is 1.28 bits per heavy atom. The van der Waals surface area contributed by atoms with Crippen LogP contribution in [0.5, 0.6) is 5.75 Å². The topological polar surface area (TPSA) is 85.0 Å². The number of hydrogen-bond acceptors (Lipinski definition) is 5. The van der Waals surface area contributed by atoms with E-state index < -0.39 is 0 Å². The molecule has 7 nitrogen and oxygen atoms in total. The molecular weight excluding hydrogens is 318 g/mol. The van der Waals surface area contributed by atoms with Crippen molar-refractivity contribution in [3.05, 3.63) is 48.2 Å². The Morgan fingerprint density at radius 3 is 2.88 bits per heavy atom. The van der Waals surface area contributed by atoms with Gasteiger partial charge in [-0.05, 0) is 18.2 Å². The van der Waals surface area contributed by atoms with Crippen LogP contribution in [0.2, 0.25) is 0 Å². The van der Waals surface area contributed by atoms with Gasteiger partial charge in [-0.25, -0.2) is 9.98 Å². The quantitative estimate of drug-likeness (QED) is 0.638. The molecule has 1 aromatic carbocycles. The number of nitrogens with one attached hydrogen (secondary N) is 1. The van der Waals surface area contributed by atoms with E-state index in [1.165, 1.54) is 0 Å². The lowest BCUT2D eigenvalue weighted by atomic mass is 10.2. The summed E-state index contributed by atoms with van der Waals surface area (Å²) in [4.78, 5) is 11.2. The van der Waals surface area contributed by atoms with Crippen molar-refractivity contribution in [2.45, 2.75) is 6.54 Å². The Bertz CT molecular complexity index is 729. The van der Waals surface area contributed by atoms with Crippen molar-refractivity contribution in [2.24, 2.45) is 10.7 Å². The van der Waals surface area contributed by atoms with Gasteiger partial charge < -0.3 is 25.4 Å². The molecule has 132 valence electrons. The van der Waals surface area contributed by atoms with Crippen molar-refractivity contribution in [2.75, 3.05) is 43.6 Å². The van der Waals surface area contributed by atoms with Crippen LogP contribution >= 0.6 is 0 Å². The zero-order chi connectivity index (χ0) is 17.5. The van der Waals surface area contributed by atoms with E-state index in [4.69, 9.17) is 15.2 Å². The standard InChI is InChI=1S/C18H23N5O2/c1-24-16-7-3-2-6-15(16)22-18(19)21-13-14-5-4-8-20-17(14)23-9-11-25-12-10-23/h2-8H,9-13H2,1H3,(H3,19,21,22).